The van der Waals surface area contributed by atoms with Gasteiger partial charge >= 0.3 is 0 Å². The lowest BCUT2D eigenvalue weighted by Gasteiger charge is -2.53. The van der Waals surface area contributed by atoms with Gasteiger partial charge < -0.3 is 18.9 Å². The molecule has 0 fully saturated rings. The van der Waals surface area contributed by atoms with Crippen LogP contribution in [-0.2, 0) is 0 Å². The minimum absolute atomic E-state index is 0.0523. The lowest BCUT2D eigenvalue weighted by molar-refractivity contribution is 0.391. The second kappa shape index (κ2) is 23.9. The van der Waals surface area contributed by atoms with Crippen LogP contribution < -0.4 is 26.2 Å². The number of anilines is 4. The van der Waals surface area contributed by atoms with E-state index in [-0.39, 0.29) is 18.8 Å². The highest BCUT2D eigenvalue weighted by atomic mass is 15.2. The Morgan fingerprint density at radius 3 is 1.21 bits per heavy atom. The van der Waals surface area contributed by atoms with Crippen molar-refractivity contribution in [1.82, 2.24) is 9.13 Å². The molecule has 5 heteroatoms. The first-order valence-corrected chi connectivity index (χ1v) is 36.4. The quantitative estimate of drug-likeness (QED) is 0.100. The van der Waals surface area contributed by atoms with Gasteiger partial charge in [-0.05, 0) is 244 Å². The van der Waals surface area contributed by atoms with Crippen molar-refractivity contribution in [3.63, 3.8) is 0 Å². The van der Waals surface area contributed by atoms with E-state index in [1.807, 2.05) is 0 Å². The minimum atomic E-state index is -0.0523. The SMILES string of the molecule is C1=CCC(C2=CCCC(C3=CCCCC3)C2N2c3cc(-n4c5ccccc5c5ccccc54)ccc3B3c4ccc(-n5c6ccccc6c6ccccc65)cc4N(C4C(C5CC=CCC5)=CCCC4C4=CCCCC4)c4cc(-c5cccc(-c6ccccc6)c5)cc2c43)CC1. The van der Waals surface area contributed by atoms with E-state index in [4.69, 9.17) is 0 Å². The summed E-state index contributed by atoms with van der Waals surface area (Å²) in [6.07, 6.45) is 42.2. The predicted octanol–water partition coefficient (Wildman–Crippen LogP) is 21.8. The fourth-order valence-electron chi connectivity index (χ4n) is 19.7. The van der Waals surface area contributed by atoms with Gasteiger partial charge in [-0.25, -0.2) is 0 Å². The molecule has 9 aromatic carbocycles. The van der Waals surface area contributed by atoms with E-state index >= 15 is 0 Å². The molecule has 8 aliphatic rings. The molecule has 4 nitrogen and oxygen atoms in total. The van der Waals surface area contributed by atoms with Gasteiger partial charge in [-0.1, -0.05) is 193 Å². The molecule has 6 unspecified atom stereocenters. The smallest absolute Gasteiger partial charge is 0.252 e. The maximum atomic E-state index is 3.05. The van der Waals surface area contributed by atoms with Crippen molar-refractivity contribution in [3.05, 3.63) is 271 Å². The maximum Gasteiger partial charge on any atom is 0.252 e. The van der Waals surface area contributed by atoms with Crippen LogP contribution in [-0.4, -0.2) is 27.9 Å². The molecule has 0 saturated carbocycles. The Labute approximate surface area is 561 Å². The third kappa shape index (κ3) is 9.51. The standard InChI is InChI=1S/C90H83BN4/c1-6-27-60(28-7-1)65-37-24-38-66(55-65)67-56-86-88-87(57-67)95(90-72(63-33-12-4-13-34-63)45-26-46-73(90)64-35-14-5-15-36-64)85-59-69(93-82-49-22-18-41-76(82)77-42-19-23-50-83(77)93)52-54-79(85)91(88)78-53-51-68(92-80-47-20-16-39-74(80)75-40-17-21-48-81(75)92)58-84(78)94(86)89-70(61-29-8-2-9-30-61)43-25-44-71(89)62-31-10-3-11-32-62/h1-2,4,6-8,12,16-24,27-28,31,35,37-43,45,47-59,61,63,71,73,89-90H,3,5,9-11,13-15,25-26,29-30,32-34,36,44,46H2. The molecule has 0 saturated heterocycles. The van der Waals surface area contributed by atoms with Crippen LogP contribution in [0.2, 0.25) is 0 Å². The van der Waals surface area contributed by atoms with Crippen LogP contribution in [0.3, 0.4) is 0 Å². The monoisotopic (exact) mass is 1230 g/mol. The lowest BCUT2D eigenvalue weighted by Crippen LogP contribution is -2.65. The van der Waals surface area contributed by atoms with Gasteiger partial charge in [0, 0.05) is 67.5 Å². The number of hydrogen-bond acceptors (Lipinski definition) is 2. The number of aromatic nitrogens is 2. The first-order chi connectivity index (χ1) is 47.2. The Morgan fingerprint density at radius 1 is 0.326 bits per heavy atom. The summed E-state index contributed by atoms with van der Waals surface area (Å²) < 4.78 is 5.18. The summed E-state index contributed by atoms with van der Waals surface area (Å²) in [5.41, 5.74) is 29.1. The average molecular weight is 1230 g/mol. The van der Waals surface area contributed by atoms with Crippen molar-refractivity contribution in [2.75, 3.05) is 9.80 Å². The molecule has 19 rings (SSSR count). The Hall–Kier alpha value is -9.32. The molecule has 0 spiro atoms. The third-order valence-corrected chi connectivity index (χ3v) is 23.9. The number of benzene rings is 9. The van der Waals surface area contributed by atoms with Gasteiger partial charge in [0.05, 0.1) is 34.2 Å². The molecule has 6 atom stereocenters. The van der Waals surface area contributed by atoms with Crippen molar-refractivity contribution in [3.8, 4) is 33.6 Å². The Bertz CT molecular complexity index is 4680. The summed E-state index contributed by atoms with van der Waals surface area (Å²) >= 11 is 0. The van der Waals surface area contributed by atoms with Gasteiger partial charge in [0.15, 0.2) is 0 Å². The lowest BCUT2D eigenvalue weighted by atomic mass is 9.33. The summed E-state index contributed by atoms with van der Waals surface area (Å²) in [5.74, 6) is 1.69. The topological polar surface area (TPSA) is 16.3 Å². The zero-order chi connectivity index (χ0) is 62.5. The number of allylic oxidation sites excluding steroid dienone is 8. The second-order valence-electron chi connectivity index (χ2n) is 29.0. The summed E-state index contributed by atoms with van der Waals surface area (Å²) in [5, 5.41) is 5.19. The van der Waals surface area contributed by atoms with E-state index in [0.29, 0.717) is 23.7 Å². The maximum absolute atomic E-state index is 3.05. The first-order valence-electron chi connectivity index (χ1n) is 36.4. The molecule has 2 aliphatic heterocycles. The zero-order valence-corrected chi connectivity index (χ0v) is 54.7. The highest BCUT2D eigenvalue weighted by molar-refractivity contribution is 7.00. The van der Waals surface area contributed by atoms with Crippen LogP contribution in [0, 0.1) is 23.7 Å². The van der Waals surface area contributed by atoms with Crippen LogP contribution in [0.4, 0.5) is 22.7 Å². The minimum Gasteiger partial charge on any atom is -0.334 e. The van der Waals surface area contributed by atoms with E-state index < -0.39 is 0 Å². The van der Waals surface area contributed by atoms with Crippen LogP contribution in [0.5, 0.6) is 0 Å². The van der Waals surface area contributed by atoms with Gasteiger partial charge in [0.25, 0.3) is 6.71 Å². The zero-order valence-electron chi connectivity index (χ0n) is 54.7. The summed E-state index contributed by atoms with van der Waals surface area (Å²) in [4.78, 5) is 6.10. The van der Waals surface area contributed by atoms with Crippen molar-refractivity contribution in [1.29, 1.82) is 0 Å². The van der Waals surface area contributed by atoms with E-state index in [2.05, 4.69) is 268 Å². The molecule has 11 aromatic rings. The number of hydrogen-bond donors (Lipinski definition) is 0. The molecular formula is C90H83BN4. The predicted molar refractivity (Wildman–Crippen MR) is 403 cm³/mol. The van der Waals surface area contributed by atoms with Gasteiger partial charge in [0.2, 0.25) is 0 Å². The van der Waals surface area contributed by atoms with Gasteiger partial charge in [-0.15, -0.1) is 0 Å². The van der Waals surface area contributed by atoms with Gasteiger partial charge in [-0.3, -0.25) is 0 Å². The third-order valence-electron chi connectivity index (χ3n) is 23.9. The Kier molecular flexibility index (Phi) is 14.4. The van der Waals surface area contributed by atoms with Crippen molar-refractivity contribution >= 4 is 89.5 Å². The van der Waals surface area contributed by atoms with E-state index in [1.54, 1.807) is 22.3 Å². The average Bonchev–Trinajstić information content (AvgIpc) is 1.23. The summed E-state index contributed by atoms with van der Waals surface area (Å²) in [6.45, 7) is -0.0523. The van der Waals surface area contributed by atoms with Crippen molar-refractivity contribution in [2.45, 2.75) is 128 Å². The molecule has 0 amide bonds. The van der Waals surface area contributed by atoms with Crippen molar-refractivity contribution in [2.24, 2.45) is 23.7 Å². The number of para-hydroxylation sites is 4. The largest absolute Gasteiger partial charge is 0.334 e. The fourth-order valence-corrected chi connectivity index (χ4v) is 19.7. The van der Waals surface area contributed by atoms with E-state index in [1.165, 1.54) is 181 Å². The molecule has 2 aromatic heterocycles. The molecule has 95 heavy (non-hydrogen) atoms. The molecule has 466 valence electrons. The molecule has 0 N–H and O–H groups in total. The first kappa shape index (κ1) is 57.2. The van der Waals surface area contributed by atoms with Crippen LogP contribution >= 0.6 is 0 Å². The van der Waals surface area contributed by atoms with Crippen LogP contribution in [0.25, 0.3) is 77.2 Å². The molecule has 0 radical (unpaired) electrons. The molecule has 4 heterocycles. The van der Waals surface area contributed by atoms with Gasteiger partial charge in [-0.2, -0.15) is 0 Å². The molecule has 6 aliphatic carbocycles. The Balaban J connectivity index is 0.949. The number of nitrogens with zero attached hydrogens (tertiary/aromatic N) is 4. The molecule has 0 bridgehead atoms. The van der Waals surface area contributed by atoms with E-state index in [9.17, 15) is 0 Å². The highest BCUT2D eigenvalue weighted by Gasteiger charge is 2.51. The van der Waals surface area contributed by atoms with Gasteiger partial charge in [0.1, 0.15) is 0 Å². The highest BCUT2D eigenvalue weighted by Crippen LogP contribution is 2.54. The normalized spacial score (nSPS) is 22.5. The number of fused-ring (bicyclic) bond motifs is 10. The fraction of sp³-hybridized carbons (Fsp3) is 0.267. The second-order valence-corrected chi connectivity index (χ2v) is 29.0. The molecular weight excluding hydrogens is 1150 g/mol. The summed E-state index contributed by atoms with van der Waals surface area (Å²) in [6, 6.07) is 78.6. The van der Waals surface area contributed by atoms with Crippen LogP contribution in [0.1, 0.15) is 116 Å². The summed E-state index contributed by atoms with van der Waals surface area (Å²) in [7, 11) is 0. The van der Waals surface area contributed by atoms with Crippen molar-refractivity contribution < 1.29 is 0 Å². The Morgan fingerprint density at radius 2 is 0.768 bits per heavy atom. The number of rotatable bonds is 10. The van der Waals surface area contributed by atoms with E-state index in [0.717, 1.165) is 51.4 Å². The van der Waals surface area contributed by atoms with Crippen LogP contribution in [0.15, 0.2) is 271 Å².